The van der Waals surface area contributed by atoms with Crippen molar-refractivity contribution >= 4 is 5.91 Å². The number of hydrogen-bond donors (Lipinski definition) is 0. The molecular formula is C31H28N4O3. The van der Waals surface area contributed by atoms with Crippen LogP contribution in [0.2, 0.25) is 0 Å². The maximum absolute atomic E-state index is 13.9. The number of carbonyl (C=O) groups is 1. The standard InChI is InChI=1S/C31H28N4O3/c36-27-17-20-34-29(30(27)38-21-23-11-3-1-4-12-23)31(37)33-19-10-2-5-13-24-14-6-7-15-25(24)28(35(34)22-33)26-16-8-9-18-32-26/h1-4,6-12,14-18,20,28H,5,13,19,21-22H2/b10-2-. The summed E-state index contributed by atoms with van der Waals surface area (Å²) in [5, 5.41) is 2.10. The fourth-order valence-electron chi connectivity index (χ4n) is 5.19. The summed E-state index contributed by atoms with van der Waals surface area (Å²) in [5.74, 6) is -0.179. The predicted molar refractivity (Wildman–Crippen MR) is 146 cm³/mol. The van der Waals surface area contributed by atoms with Crippen molar-refractivity contribution in [3.05, 3.63) is 142 Å². The highest BCUT2D eigenvalue weighted by molar-refractivity contribution is 5.96. The number of rotatable bonds is 4. The number of aryl methyl sites for hydroxylation is 1. The van der Waals surface area contributed by atoms with E-state index in [0.717, 1.165) is 29.7 Å². The van der Waals surface area contributed by atoms with Gasteiger partial charge in [-0.2, -0.15) is 0 Å². The monoisotopic (exact) mass is 504 g/mol. The van der Waals surface area contributed by atoms with Gasteiger partial charge in [0.2, 0.25) is 5.43 Å². The van der Waals surface area contributed by atoms with Crippen LogP contribution in [0, 0.1) is 0 Å². The number of hydrogen-bond acceptors (Lipinski definition) is 5. The zero-order chi connectivity index (χ0) is 25.9. The second-order valence-electron chi connectivity index (χ2n) is 9.45. The lowest BCUT2D eigenvalue weighted by Gasteiger charge is -2.43. The average Bonchev–Trinajstić information content (AvgIpc) is 2.99. The summed E-state index contributed by atoms with van der Waals surface area (Å²) in [7, 11) is 0. The van der Waals surface area contributed by atoms with Gasteiger partial charge in [0.1, 0.15) is 19.3 Å². The summed E-state index contributed by atoms with van der Waals surface area (Å²) in [4.78, 5) is 33.5. The maximum atomic E-state index is 13.9. The van der Waals surface area contributed by atoms with Crippen molar-refractivity contribution in [2.75, 3.05) is 18.2 Å². The molecule has 0 aliphatic carbocycles. The molecule has 0 fully saturated rings. The zero-order valence-corrected chi connectivity index (χ0v) is 20.9. The minimum absolute atomic E-state index is 0.0583. The Kier molecular flexibility index (Phi) is 6.48. The molecule has 2 aliphatic heterocycles. The Bertz CT molecular complexity index is 1530. The third-order valence-electron chi connectivity index (χ3n) is 7.03. The van der Waals surface area contributed by atoms with Crippen molar-refractivity contribution in [2.45, 2.75) is 25.5 Å². The Hall–Kier alpha value is -4.65. The summed E-state index contributed by atoms with van der Waals surface area (Å²) in [6.07, 6.45) is 9.36. The van der Waals surface area contributed by atoms with Crippen LogP contribution >= 0.6 is 0 Å². The smallest absolute Gasteiger partial charge is 0.278 e. The summed E-state index contributed by atoms with van der Waals surface area (Å²) in [6, 6.07) is 25.1. The zero-order valence-electron chi connectivity index (χ0n) is 20.9. The van der Waals surface area contributed by atoms with Crippen molar-refractivity contribution in [2.24, 2.45) is 0 Å². The second kappa shape index (κ2) is 10.4. The first-order chi connectivity index (χ1) is 18.7. The van der Waals surface area contributed by atoms with Crippen LogP contribution in [0.1, 0.15) is 45.3 Å². The van der Waals surface area contributed by atoms with Gasteiger partial charge in [-0.25, -0.2) is 0 Å². The summed E-state index contributed by atoms with van der Waals surface area (Å²) >= 11 is 0. The van der Waals surface area contributed by atoms with Crippen LogP contribution in [0.3, 0.4) is 0 Å². The number of fused-ring (bicyclic) bond motifs is 5. The van der Waals surface area contributed by atoms with Crippen molar-refractivity contribution in [3.8, 4) is 5.75 Å². The first kappa shape index (κ1) is 23.7. The number of aromatic nitrogens is 2. The molecule has 0 N–H and O–H groups in total. The molecule has 0 spiro atoms. The summed E-state index contributed by atoms with van der Waals surface area (Å²) in [6.45, 7) is 0.946. The molecule has 1 atom stereocenters. The van der Waals surface area contributed by atoms with Gasteiger partial charge in [0.15, 0.2) is 11.4 Å². The van der Waals surface area contributed by atoms with Gasteiger partial charge in [-0.3, -0.25) is 24.3 Å². The van der Waals surface area contributed by atoms with Crippen LogP contribution < -0.4 is 15.2 Å². The molecule has 0 saturated carbocycles. The number of carbonyl (C=O) groups excluding carboxylic acids is 1. The molecule has 1 amide bonds. The van der Waals surface area contributed by atoms with E-state index in [1.165, 1.54) is 11.6 Å². The number of benzene rings is 2. The van der Waals surface area contributed by atoms with E-state index >= 15 is 0 Å². The molecule has 2 aromatic carbocycles. The van der Waals surface area contributed by atoms with Crippen molar-refractivity contribution in [3.63, 3.8) is 0 Å². The van der Waals surface area contributed by atoms with E-state index in [-0.39, 0.29) is 35.4 Å². The molecule has 2 aliphatic rings. The van der Waals surface area contributed by atoms with Crippen LogP contribution in [-0.2, 0) is 13.0 Å². The van der Waals surface area contributed by atoms with Crippen LogP contribution in [0.4, 0.5) is 0 Å². The number of allylic oxidation sites excluding steroid dienone is 1. The first-order valence-electron chi connectivity index (χ1n) is 12.8. The Labute approximate surface area is 221 Å². The van der Waals surface area contributed by atoms with E-state index < -0.39 is 0 Å². The first-order valence-corrected chi connectivity index (χ1v) is 12.8. The largest absolute Gasteiger partial charge is 0.482 e. The molecule has 4 aromatic rings. The molecule has 7 nitrogen and oxygen atoms in total. The predicted octanol–water partition coefficient (Wildman–Crippen LogP) is 4.47. The van der Waals surface area contributed by atoms with E-state index in [1.54, 1.807) is 22.0 Å². The van der Waals surface area contributed by atoms with E-state index in [2.05, 4.69) is 29.3 Å². The normalized spacial score (nSPS) is 17.7. The maximum Gasteiger partial charge on any atom is 0.278 e. The molecular weight excluding hydrogens is 476 g/mol. The fraction of sp³-hybridized carbons (Fsp3) is 0.194. The molecule has 6 rings (SSSR count). The molecule has 7 heteroatoms. The van der Waals surface area contributed by atoms with E-state index in [4.69, 9.17) is 9.72 Å². The highest BCUT2D eigenvalue weighted by Gasteiger charge is 2.37. The Morgan fingerprint density at radius 2 is 1.71 bits per heavy atom. The van der Waals surface area contributed by atoms with E-state index in [0.29, 0.717) is 13.2 Å². The van der Waals surface area contributed by atoms with Gasteiger partial charge in [-0.1, -0.05) is 72.8 Å². The Balaban J connectivity index is 1.54. The Morgan fingerprint density at radius 3 is 2.55 bits per heavy atom. The van der Waals surface area contributed by atoms with Gasteiger partial charge >= 0.3 is 0 Å². The highest BCUT2D eigenvalue weighted by Crippen LogP contribution is 2.34. The van der Waals surface area contributed by atoms with Crippen molar-refractivity contribution in [1.29, 1.82) is 0 Å². The molecule has 0 saturated heterocycles. The number of pyridine rings is 2. The summed E-state index contributed by atoms with van der Waals surface area (Å²) < 4.78 is 7.87. The highest BCUT2D eigenvalue weighted by atomic mass is 16.5. The van der Waals surface area contributed by atoms with Crippen LogP contribution in [0.5, 0.6) is 5.75 Å². The fourth-order valence-corrected chi connectivity index (χ4v) is 5.19. The molecule has 0 radical (unpaired) electrons. The molecule has 38 heavy (non-hydrogen) atoms. The molecule has 4 heterocycles. The molecule has 2 bridgehead atoms. The van der Waals surface area contributed by atoms with Gasteiger partial charge in [0, 0.05) is 25.0 Å². The number of amides is 1. The number of nitrogens with zero attached hydrogens (tertiary/aromatic N) is 4. The van der Waals surface area contributed by atoms with Gasteiger partial charge in [0.25, 0.3) is 5.91 Å². The topological polar surface area (TPSA) is 67.7 Å². The molecule has 190 valence electrons. The lowest BCUT2D eigenvalue weighted by molar-refractivity contribution is 0.0697. The second-order valence-corrected chi connectivity index (χ2v) is 9.45. The summed E-state index contributed by atoms with van der Waals surface area (Å²) in [5.41, 5.74) is 4.02. The van der Waals surface area contributed by atoms with E-state index in [1.807, 2.05) is 60.7 Å². The lowest BCUT2D eigenvalue weighted by atomic mass is 9.94. The lowest BCUT2D eigenvalue weighted by Crippen LogP contribution is -2.55. The van der Waals surface area contributed by atoms with Gasteiger partial charge in [0.05, 0.1) is 5.69 Å². The molecule has 1 unspecified atom stereocenters. The number of ether oxygens (including phenoxy) is 1. The minimum atomic E-state index is -0.322. The van der Waals surface area contributed by atoms with Crippen molar-refractivity contribution < 1.29 is 9.53 Å². The third kappa shape index (κ3) is 4.47. The van der Waals surface area contributed by atoms with E-state index in [9.17, 15) is 9.59 Å². The third-order valence-corrected chi connectivity index (χ3v) is 7.03. The van der Waals surface area contributed by atoms with Crippen LogP contribution in [-0.4, -0.2) is 33.7 Å². The quantitative estimate of drug-likeness (QED) is 0.384. The SMILES string of the molecule is O=C1c2c(OCc3ccccc3)c(=O)ccn2N2CN1C/C=C\CCc1ccccc1C2c1ccccn1. The minimum Gasteiger partial charge on any atom is -0.482 e. The average molecular weight is 505 g/mol. The van der Waals surface area contributed by atoms with Gasteiger partial charge < -0.3 is 9.64 Å². The van der Waals surface area contributed by atoms with Gasteiger partial charge in [-0.15, -0.1) is 0 Å². The Morgan fingerprint density at radius 1 is 0.895 bits per heavy atom. The van der Waals surface area contributed by atoms with Crippen molar-refractivity contribution in [1.82, 2.24) is 14.6 Å². The van der Waals surface area contributed by atoms with Crippen LogP contribution in [0.15, 0.2) is 108 Å². The van der Waals surface area contributed by atoms with Gasteiger partial charge in [-0.05, 0) is 41.7 Å². The molecule has 2 aromatic heterocycles. The van der Waals surface area contributed by atoms with Crippen LogP contribution in [0.25, 0.3) is 0 Å².